The second-order valence-corrected chi connectivity index (χ2v) is 7.48. The van der Waals surface area contributed by atoms with Crippen LogP contribution in [0.4, 0.5) is 5.13 Å². The topological polar surface area (TPSA) is 69.0 Å². The van der Waals surface area contributed by atoms with Gasteiger partial charge in [-0.05, 0) is 31.4 Å². The first-order valence-corrected chi connectivity index (χ1v) is 10.0. The molecule has 0 bridgehead atoms. The van der Waals surface area contributed by atoms with Gasteiger partial charge in [-0.25, -0.2) is 4.98 Å². The Morgan fingerprint density at radius 1 is 1.42 bits per heavy atom. The van der Waals surface area contributed by atoms with E-state index in [9.17, 15) is 4.79 Å². The van der Waals surface area contributed by atoms with Gasteiger partial charge in [0.15, 0.2) is 5.13 Å². The lowest BCUT2D eigenvalue weighted by molar-refractivity contribution is -0.121. The highest BCUT2D eigenvalue weighted by atomic mass is 32.1. The van der Waals surface area contributed by atoms with E-state index in [1.807, 2.05) is 5.38 Å². The van der Waals surface area contributed by atoms with Crippen molar-refractivity contribution in [3.05, 3.63) is 35.2 Å². The fourth-order valence-corrected chi connectivity index (χ4v) is 3.99. The summed E-state index contributed by atoms with van der Waals surface area (Å²) in [7, 11) is 0. The highest BCUT2D eigenvalue weighted by Gasteiger charge is 2.26. The van der Waals surface area contributed by atoms with Gasteiger partial charge in [0.2, 0.25) is 5.91 Å². The quantitative estimate of drug-likeness (QED) is 0.838. The van der Waals surface area contributed by atoms with Crippen LogP contribution in [0.5, 0.6) is 0 Å². The van der Waals surface area contributed by atoms with Crippen LogP contribution in [0.25, 0.3) is 11.3 Å². The first-order valence-electron chi connectivity index (χ1n) is 9.14. The van der Waals surface area contributed by atoms with E-state index in [-0.39, 0.29) is 11.8 Å². The third-order valence-electron chi connectivity index (χ3n) is 4.81. The number of anilines is 1. The van der Waals surface area contributed by atoms with E-state index >= 15 is 0 Å². The molecule has 1 N–H and O–H groups in total. The molecule has 1 amide bonds. The maximum absolute atomic E-state index is 12.6. The van der Waals surface area contributed by atoms with Crippen molar-refractivity contribution >= 4 is 22.4 Å². The molecule has 0 spiro atoms. The van der Waals surface area contributed by atoms with Gasteiger partial charge in [-0.15, -0.1) is 11.3 Å². The molecule has 1 fully saturated rings. The molecule has 6 heteroatoms. The number of hydrogen-bond donors (Lipinski definition) is 1. The van der Waals surface area contributed by atoms with Crippen LogP contribution in [0.3, 0.4) is 0 Å². The largest absolute Gasteiger partial charge is 0.302 e. The van der Waals surface area contributed by atoms with Crippen molar-refractivity contribution in [2.24, 2.45) is 5.92 Å². The number of amides is 1. The third kappa shape index (κ3) is 4.69. The van der Waals surface area contributed by atoms with Crippen LogP contribution < -0.4 is 5.32 Å². The molecule has 1 aromatic carbocycles. The maximum atomic E-state index is 12.6. The lowest BCUT2D eigenvalue weighted by Gasteiger charge is -2.31. The summed E-state index contributed by atoms with van der Waals surface area (Å²) >= 11 is 1.46. The normalized spacial score (nSPS) is 17.6. The minimum Gasteiger partial charge on any atom is -0.302 e. The average Bonchev–Trinajstić information content (AvgIpc) is 3.15. The van der Waals surface area contributed by atoms with Crippen LogP contribution in [0.1, 0.15) is 31.7 Å². The van der Waals surface area contributed by atoms with Gasteiger partial charge in [-0.1, -0.05) is 31.2 Å². The van der Waals surface area contributed by atoms with Crippen LogP contribution >= 0.6 is 11.3 Å². The Morgan fingerprint density at radius 2 is 2.23 bits per heavy atom. The molecule has 26 heavy (non-hydrogen) atoms. The number of carbonyl (C=O) groups is 1. The molecule has 0 saturated carbocycles. The van der Waals surface area contributed by atoms with Crippen LogP contribution in [0.2, 0.25) is 0 Å². The number of likely N-dealkylation sites (tertiary alicyclic amines) is 1. The predicted octanol–water partition coefficient (Wildman–Crippen LogP) is 3.94. The van der Waals surface area contributed by atoms with Gasteiger partial charge >= 0.3 is 0 Å². The summed E-state index contributed by atoms with van der Waals surface area (Å²) < 4.78 is 0. The fourth-order valence-electron chi connectivity index (χ4n) is 3.26. The Kier molecular flexibility index (Phi) is 6.37. The van der Waals surface area contributed by atoms with Gasteiger partial charge in [-0.2, -0.15) is 5.26 Å². The SMILES string of the molecule is CCc1ccc(-c2csc(NC(=O)C3CCCN(CCC#N)C3)n2)cc1. The monoisotopic (exact) mass is 368 g/mol. The Hall–Kier alpha value is -2.23. The van der Waals surface area contributed by atoms with Crippen molar-refractivity contribution in [3.8, 4) is 17.3 Å². The summed E-state index contributed by atoms with van der Waals surface area (Å²) in [6.45, 7) is 4.58. The number of piperidine rings is 1. The molecular formula is C20H24N4OS. The number of nitrogens with one attached hydrogen (secondary N) is 1. The van der Waals surface area contributed by atoms with Crippen molar-refractivity contribution in [2.45, 2.75) is 32.6 Å². The lowest BCUT2D eigenvalue weighted by atomic mass is 9.97. The van der Waals surface area contributed by atoms with Gasteiger partial charge in [0.25, 0.3) is 0 Å². The number of nitrogens with zero attached hydrogens (tertiary/aromatic N) is 3. The minimum absolute atomic E-state index is 0.0290. The molecule has 0 aliphatic carbocycles. The zero-order valence-electron chi connectivity index (χ0n) is 15.1. The van der Waals surface area contributed by atoms with Gasteiger partial charge in [0.05, 0.1) is 17.7 Å². The van der Waals surface area contributed by atoms with Crippen LogP contribution in [-0.2, 0) is 11.2 Å². The van der Waals surface area contributed by atoms with Gasteiger partial charge in [-0.3, -0.25) is 4.79 Å². The van der Waals surface area contributed by atoms with E-state index in [4.69, 9.17) is 5.26 Å². The number of aromatic nitrogens is 1. The molecule has 0 radical (unpaired) electrons. The number of aryl methyl sites for hydroxylation is 1. The summed E-state index contributed by atoms with van der Waals surface area (Å²) in [5, 5.41) is 14.3. The van der Waals surface area contributed by atoms with Crippen LogP contribution in [0.15, 0.2) is 29.6 Å². The second-order valence-electron chi connectivity index (χ2n) is 6.63. The maximum Gasteiger partial charge on any atom is 0.230 e. The Morgan fingerprint density at radius 3 is 2.96 bits per heavy atom. The first-order chi connectivity index (χ1) is 12.7. The number of carbonyl (C=O) groups excluding carboxylic acids is 1. The van der Waals surface area contributed by atoms with Crippen LogP contribution in [-0.4, -0.2) is 35.4 Å². The molecule has 3 rings (SSSR count). The molecule has 5 nitrogen and oxygen atoms in total. The van der Waals surface area contributed by atoms with E-state index in [0.717, 1.165) is 50.2 Å². The molecule has 1 aliphatic heterocycles. The van der Waals surface area contributed by atoms with Gasteiger partial charge < -0.3 is 10.2 Å². The van der Waals surface area contributed by atoms with Gasteiger partial charge in [0.1, 0.15) is 0 Å². The van der Waals surface area contributed by atoms with E-state index in [2.05, 4.69) is 52.5 Å². The number of rotatable bonds is 6. The number of nitriles is 1. The van der Waals surface area contributed by atoms with Crippen molar-refractivity contribution in [1.29, 1.82) is 5.26 Å². The average molecular weight is 369 g/mol. The van der Waals surface area contributed by atoms with Gasteiger partial charge in [0, 0.05) is 30.5 Å². The summed E-state index contributed by atoms with van der Waals surface area (Å²) in [5.74, 6) is 0.00696. The van der Waals surface area contributed by atoms with E-state index in [0.29, 0.717) is 11.6 Å². The molecule has 1 unspecified atom stereocenters. The predicted molar refractivity (Wildman–Crippen MR) is 105 cm³/mol. The molecule has 1 aliphatic rings. The molecule has 136 valence electrons. The molecule has 1 saturated heterocycles. The lowest BCUT2D eigenvalue weighted by Crippen LogP contribution is -2.41. The standard InChI is InChI=1S/C20H24N4OS/c1-2-15-6-8-16(9-7-15)18-14-26-20(22-18)23-19(25)17-5-3-11-24(13-17)12-4-10-21/h6-9,14,17H,2-5,11-13H2,1H3,(H,22,23,25). The zero-order valence-corrected chi connectivity index (χ0v) is 15.9. The molecule has 1 atom stereocenters. The zero-order chi connectivity index (χ0) is 18.4. The number of hydrogen-bond acceptors (Lipinski definition) is 5. The van der Waals surface area contributed by atoms with Crippen molar-refractivity contribution in [3.63, 3.8) is 0 Å². The second kappa shape index (κ2) is 8.93. The van der Waals surface area contributed by atoms with Crippen LogP contribution in [0, 0.1) is 17.2 Å². The summed E-state index contributed by atoms with van der Waals surface area (Å²) in [6.07, 6.45) is 3.43. The molecule has 1 aromatic heterocycles. The summed E-state index contributed by atoms with van der Waals surface area (Å²) in [6, 6.07) is 10.6. The number of benzene rings is 1. The minimum atomic E-state index is -0.0290. The number of thiazole rings is 1. The third-order valence-corrected chi connectivity index (χ3v) is 5.57. The smallest absolute Gasteiger partial charge is 0.230 e. The van der Waals surface area contributed by atoms with Crippen molar-refractivity contribution < 1.29 is 4.79 Å². The Balaban J connectivity index is 1.59. The van der Waals surface area contributed by atoms with E-state index in [1.54, 1.807) is 0 Å². The highest BCUT2D eigenvalue weighted by molar-refractivity contribution is 7.14. The van der Waals surface area contributed by atoms with Crippen molar-refractivity contribution in [2.75, 3.05) is 25.0 Å². The van der Waals surface area contributed by atoms with Crippen molar-refractivity contribution in [1.82, 2.24) is 9.88 Å². The summed E-state index contributed by atoms with van der Waals surface area (Å²) in [5.41, 5.74) is 3.27. The summed E-state index contributed by atoms with van der Waals surface area (Å²) in [4.78, 5) is 19.4. The molecule has 2 aromatic rings. The van der Waals surface area contributed by atoms with E-state index in [1.165, 1.54) is 16.9 Å². The fraction of sp³-hybridized carbons (Fsp3) is 0.450. The molecular weight excluding hydrogens is 344 g/mol. The molecule has 2 heterocycles. The highest BCUT2D eigenvalue weighted by Crippen LogP contribution is 2.26. The first kappa shape index (κ1) is 18.6. The van der Waals surface area contributed by atoms with E-state index < -0.39 is 0 Å². The Bertz CT molecular complexity index is 778. The Labute approximate surface area is 158 Å².